The van der Waals surface area contributed by atoms with Crippen molar-refractivity contribution >= 4 is 43.6 Å². The second-order valence-corrected chi connectivity index (χ2v) is 21.2. The zero-order valence-corrected chi connectivity index (χ0v) is 43.6. The molecule has 370 valence electrons. The predicted molar refractivity (Wildman–Crippen MR) is 325 cm³/mol. The number of nitrogens with zero attached hydrogens (tertiary/aromatic N) is 5. The Labute approximate surface area is 454 Å². The van der Waals surface area contributed by atoms with Crippen molar-refractivity contribution in [2.75, 3.05) is 0 Å². The molecule has 0 unspecified atom stereocenters. The first-order valence-corrected chi connectivity index (χ1v) is 26.8. The number of benzene rings is 11. The molecule has 0 N–H and O–H groups in total. The Morgan fingerprint density at radius 1 is 0.269 bits per heavy atom. The molecule has 0 amide bonds. The molecule has 5 nitrogen and oxygen atoms in total. The second kappa shape index (κ2) is 19.0. The fraction of sp³-hybridized carbons (Fsp3) is 0.0548. The Balaban J connectivity index is 1.09. The minimum atomic E-state index is -0.0895. The molecule has 0 aliphatic rings. The molecule has 0 aliphatic carbocycles. The fourth-order valence-corrected chi connectivity index (χ4v) is 11.4. The van der Waals surface area contributed by atoms with Gasteiger partial charge in [0.05, 0.1) is 27.8 Å². The van der Waals surface area contributed by atoms with E-state index in [-0.39, 0.29) is 5.41 Å². The lowest BCUT2D eigenvalue weighted by Gasteiger charge is -2.22. The Kier molecular flexibility index (Phi) is 11.3. The molecule has 14 aromatic rings. The second-order valence-electron chi connectivity index (χ2n) is 21.2. The summed E-state index contributed by atoms with van der Waals surface area (Å²) in [6.45, 7) is 6.91. The van der Waals surface area contributed by atoms with Crippen LogP contribution in [0.3, 0.4) is 0 Å². The summed E-state index contributed by atoms with van der Waals surface area (Å²) >= 11 is 0. The van der Waals surface area contributed by atoms with Crippen LogP contribution in [0.2, 0.25) is 0 Å². The van der Waals surface area contributed by atoms with Gasteiger partial charge in [0, 0.05) is 55.0 Å². The summed E-state index contributed by atoms with van der Waals surface area (Å²) in [5.74, 6) is 1.82. The average molecular weight is 1000 g/mol. The van der Waals surface area contributed by atoms with Crippen molar-refractivity contribution in [3.63, 3.8) is 0 Å². The highest BCUT2D eigenvalue weighted by Crippen LogP contribution is 2.46. The standard InChI is InChI=1S/C73H53N5/c1-73(2,3)57-40-42-67-63(46-57)64-47-58(77-65-30-18-16-28-59(65)60-29-17-19-31-66(60)77)41-43-68(64)78(67)69-61(52-36-32-50(33-37-52)48-20-8-4-9-21-48)44-56(45-62(69)53-38-34-51(35-39-53)49-22-10-5-11-23-49)72-75-70(54-24-12-6-13-25-54)74-71(76-72)55-26-14-7-15-27-55/h4-47H,1-3H3. The van der Waals surface area contributed by atoms with Gasteiger partial charge in [-0.05, 0) is 99.0 Å². The normalized spacial score (nSPS) is 11.8. The molecule has 0 saturated carbocycles. The topological polar surface area (TPSA) is 48.5 Å². The van der Waals surface area contributed by atoms with Gasteiger partial charge in [0.1, 0.15) is 0 Å². The minimum absolute atomic E-state index is 0.0895. The zero-order chi connectivity index (χ0) is 52.3. The van der Waals surface area contributed by atoms with Gasteiger partial charge in [-0.25, -0.2) is 15.0 Å². The summed E-state index contributed by atoms with van der Waals surface area (Å²) in [4.78, 5) is 15.8. The van der Waals surface area contributed by atoms with E-state index in [1.165, 1.54) is 49.3 Å². The lowest BCUT2D eigenvalue weighted by molar-refractivity contribution is 0.591. The molecule has 0 radical (unpaired) electrons. The van der Waals surface area contributed by atoms with E-state index in [1.807, 2.05) is 36.4 Å². The van der Waals surface area contributed by atoms with Crippen molar-refractivity contribution in [2.45, 2.75) is 26.2 Å². The summed E-state index contributed by atoms with van der Waals surface area (Å²) in [5, 5.41) is 4.84. The van der Waals surface area contributed by atoms with Crippen LogP contribution >= 0.6 is 0 Å². The molecule has 11 aromatic carbocycles. The third-order valence-corrected chi connectivity index (χ3v) is 15.4. The van der Waals surface area contributed by atoms with Crippen molar-refractivity contribution in [2.24, 2.45) is 0 Å². The van der Waals surface area contributed by atoms with Gasteiger partial charge in [-0.2, -0.15) is 0 Å². The molecule has 3 aromatic heterocycles. The SMILES string of the molecule is CC(C)(C)c1ccc2c(c1)c1cc(-n3c4ccccc4c4ccccc43)ccc1n2-c1c(-c2ccc(-c3ccccc3)cc2)cc(-c2nc(-c3ccccc3)nc(-c3ccccc3)n2)cc1-c1ccc(-c2ccccc2)cc1. The minimum Gasteiger partial charge on any atom is -0.309 e. The largest absolute Gasteiger partial charge is 0.309 e. The Morgan fingerprint density at radius 3 is 1.09 bits per heavy atom. The van der Waals surface area contributed by atoms with E-state index in [1.54, 1.807) is 0 Å². The third kappa shape index (κ3) is 8.25. The van der Waals surface area contributed by atoms with Gasteiger partial charge in [0.2, 0.25) is 0 Å². The first-order valence-electron chi connectivity index (χ1n) is 26.8. The summed E-state index contributed by atoms with van der Waals surface area (Å²) < 4.78 is 4.95. The molecule has 0 saturated heterocycles. The maximum absolute atomic E-state index is 5.35. The average Bonchev–Trinajstić information content (AvgIpc) is 4.10. The van der Waals surface area contributed by atoms with Crippen LogP contribution in [0.25, 0.3) is 134 Å². The van der Waals surface area contributed by atoms with Gasteiger partial charge < -0.3 is 9.13 Å². The highest BCUT2D eigenvalue weighted by molar-refractivity contribution is 6.13. The maximum Gasteiger partial charge on any atom is 0.164 e. The van der Waals surface area contributed by atoms with E-state index < -0.39 is 0 Å². The Morgan fingerprint density at radius 2 is 0.628 bits per heavy atom. The molecule has 0 aliphatic heterocycles. The highest BCUT2D eigenvalue weighted by Gasteiger charge is 2.26. The van der Waals surface area contributed by atoms with E-state index in [0.29, 0.717) is 17.5 Å². The van der Waals surface area contributed by atoms with Crippen LogP contribution in [0.4, 0.5) is 0 Å². The van der Waals surface area contributed by atoms with E-state index in [0.717, 1.165) is 72.5 Å². The summed E-state index contributed by atoms with van der Waals surface area (Å²) in [5.41, 5.74) is 19.5. The lowest BCUT2D eigenvalue weighted by atomic mass is 9.86. The van der Waals surface area contributed by atoms with Crippen LogP contribution < -0.4 is 0 Å². The molecule has 0 fully saturated rings. The monoisotopic (exact) mass is 999 g/mol. The summed E-state index contributed by atoms with van der Waals surface area (Å²) in [6, 6.07) is 96.1. The van der Waals surface area contributed by atoms with Gasteiger partial charge in [-0.15, -0.1) is 0 Å². The molecular formula is C73H53N5. The molecular weight excluding hydrogens is 947 g/mol. The van der Waals surface area contributed by atoms with Gasteiger partial charge in [-0.3, -0.25) is 0 Å². The third-order valence-electron chi connectivity index (χ3n) is 15.4. The first-order chi connectivity index (χ1) is 38.3. The number of fused-ring (bicyclic) bond motifs is 6. The smallest absolute Gasteiger partial charge is 0.164 e. The zero-order valence-electron chi connectivity index (χ0n) is 43.6. The van der Waals surface area contributed by atoms with Crippen molar-refractivity contribution < 1.29 is 0 Å². The van der Waals surface area contributed by atoms with Gasteiger partial charge in [0.25, 0.3) is 0 Å². The first kappa shape index (κ1) is 46.6. The highest BCUT2D eigenvalue weighted by atomic mass is 15.0. The quantitative estimate of drug-likeness (QED) is 0.145. The number of hydrogen-bond acceptors (Lipinski definition) is 3. The lowest BCUT2D eigenvalue weighted by Crippen LogP contribution is -2.10. The van der Waals surface area contributed by atoms with Gasteiger partial charge in [0.15, 0.2) is 17.5 Å². The van der Waals surface area contributed by atoms with E-state index >= 15 is 0 Å². The fourth-order valence-electron chi connectivity index (χ4n) is 11.4. The molecule has 0 bridgehead atoms. The van der Waals surface area contributed by atoms with Crippen LogP contribution in [0.5, 0.6) is 0 Å². The maximum atomic E-state index is 5.35. The van der Waals surface area contributed by atoms with E-state index in [4.69, 9.17) is 15.0 Å². The van der Waals surface area contributed by atoms with Crippen molar-refractivity contribution in [1.82, 2.24) is 24.1 Å². The van der Waals surface area contributed by atoms with Crippen LogP contribution in [-0.2, 0) is 5.41 Å². The molecule has 0 atom stereocenters. The van der Waals surface area contributed by atoms with Gasteiger partial charge >= 0.3 is 0 Å². The summed E-state index contributed by atoms with van der Waals surface area (Å²) in [6.07, 6.45) is 0. The molecule has 3 heterocycles. The number of para-hydroxylation sites is 2. The van der Waals surface area contributed by atoms with Crippen molar-refractivity contribution in [3.05, 3.63) is 272 Å². The molecule has 14 rings (SSSR count). The summed E-state index contributed by atoms with van der Waals surface area (Å²) in [7, 11) is 0. The Hall–Kier alpha value is -9.97. The van der Waals surface area contributed by atoms with Gasteiger partial charge in [-0.1, -0.05) is 233 Å². The Bertz CT molecular complexity index is 4320. The van der Waals surface area contributed by atoms with Crippen LogP contribution in [0, 0.1) is 0 Å². The number of hydrogen-bond donors (Lipinski definition) is 0. The van der Waals surface area contributed by atoms with Crippen LogP contribution in [0.1, 0.15) is 26.3 Å². The van der Waals surface area contributed by atoms with Crippen molar-refractivity contribution in [3.8, 4) is 90.0 Å². The van der Waals surface area contributed by atoms with E-state index in [9.17, 15) is 0 Å². The van der Waals surface area contributed by atoms with E-state index in [2.05, 4.69) is 260 Å². The molecule has 78 heavy (non-hydrogen) atoms. The van der Waals surface area contributed by atoms with Crippen LogP contribution in [0.15, 0.2) is 267 Å². The van der Waals surface area contributed by atoms with Crippen LogP contribution in [-0.4, -0.2) is 24.1 Å². The van der Waals surface area contributed by atoms with Crippen molar-refractivity contribution in [1.29, 1.82) is 0 Å². The molecule has 0 spiro atoms. The number of rotatable bonds is 9. The number of aromatic nitrogens is 5. The molecule has 5 heteroatoms. The predicted octanol–water partition coefficient (Wildman–Crippen LogP) is 19.0.